The van der Waals surface area contributed by atoms with E-state index < -0.39 is 42.3 Å². The van der Waals surface area contributed by atoms with Crippen LogP contribution in [-0.4, -0.2) is 52.6 Å². The number of benzene rings is 1. The molecule has 9 heteroatoms. The van der Waals surface area contributed by atoms with Gasteiger partial charge in [0.15, 0.2) is 0 Å². The number of amides is 2. The third-order valence-electron chi connectivity index (χ3n) is 3.38. The van der Waals surface area contributed by atoms with Crippen LogP contribution in [0.15, 0.2) is 30.3 Å². The SMILES string of the molecule is NCC(=O)N[C@@H](Cc1ccccc1)C(=O)N[C@@H](CCC(=O)O)C(=O)O. The Balaban J connectivity index is 2.83. The zero-order valence-electron chi connectivity index (χ0n) is 13.5. The van der Waals surface area contributed by atoms with Crippen LogP contribution in [-0.2, 0) is 25.6 Å². The minimum absolute atomic E-state index is 0.143. The van der Waals surface area contributed by atoms with E-state index in [-0.39, 0.29) is 19.4 Å². The molecule has 25 heavy (non-hydrogen) atoms. The molecule has 0 heterocycles. The van der Waals surface area contributed by atoms with E-state index in [9.17, 15) is 19.2 Å². The predicted molar refractivity (Wildman–Crippen MR) is 87.6 cm³/mol. The minimum atomic E-state index is -1.36. The molecule has 0 saturated heterocycles. The fourth-order valence-electron chi connectivity index (χ4n) is 2.11. The van der Waals surface area contributed by atoms with E-state index in [0.29, 0.717) is 0 Å². The lowest BCUT2D eigenvalue weighted by Gasteiger charge is -2.21. The summed E-state index contributed by atoms with van der Waals surface area (Å²) in [5.74, 6) is -3.80. The van der Waals surface area contributed by atoms with Crippen molar-refractivity contribution in [2.75, 3.05) is 6.54 Å². The summed E-state index contributed by atoms with van der Waals surface area (Å²) in [6.45, 7) is -0.320. The highest BCUT2D eigenvalue weighted by Crippen LogP contribution is 2.05. The number of nitrogens with two attached hydrogens (primary N) is 1. The Morgan fingerprint density at radius 3 is 2.16 bits per heavy atom. The van der Waals surface area contributed by atoms with Gasteiger partial charge >= 0.3 is 11.9 Å². The third kappa shape index (κ3) is 7.44. The van der Waals surface area contributed by atoms with Gasteiger partial charge in [0.2, 0.25) is 11.8 Å². The highest BCUT2D eigenvalue weighted by Gasteiger charge is 2.26. The lowest BCUT2D eigenvalue weighted by atomic mass is 10.0. The zero-order valence-corrected chi connectivity index (χ0v) is 13.5. The van der Waals surface area contributed by atoms with Gasteiger partial charge in [0.1, 0.15) is 12.1 Å². The average Bonchev–Trinajstić information content (AvgIpc) is 2.58. The van der Waals surface area contributed by atoms with E-state index in [2.05, 4.69) is 10.6 Å². The summed E-state index contributed by atoms with van der Waals surface area (Å²) >= 11 is 0. The number of carbonyl (C=O) groups is 4. The Kier molecular flexibility index (Phi) is 8.07. The quantitative estimate of drug-likeness (QED) is 0.365. The molecule has 0 bridgehead atoms. The van der Waals surface area contributed by atoms with Crippen LogP contribution in [0, 0.1) is 0 Å². The molecule has 0 aromatic heterocycles. The summed E-state index contributed by atoms with van der Waals surface area (Å²) in [4.78, 5) is 45.7. The van der Waals surface area contributed by atoms with Crippen LogP contribution in [0.4, 0.5) is 0 Å². The number of carbonyl (C=O) groups excluding carboxylic acids is 2. The summed E-state index contributed by atoms with van der Waals surface area (Å²) in [5.41, 5.74) is 6.00. The summed E-state index contributed by atoms with van der Waals surface area (Å²) in [7, 11) is 0. The average molecular weight is 351 g/mol. The number of carboxylic acid groups (broad SMARTS) is 2. The minimum Gasteiger partial charge on any atom is -0.481 e. The fraction of sp³-hybridized carbons (Fsp3) is 0.375. The molecule has 1 aromatic rings. The lowest BCUT2D eigenvalue weighted by molar-refractivity contribution is -0.143. The normalized spacial score (nSPS) is 12.7. The Labute approximate surface area is 144 Å². The molecule has 9 nitrogen and oxygen atoms in total. The van der Waals surface area contributed by atoms with Crippen LogP contribution in [0.5, 0.6) is 0 Å². The summed E-state index contributed by atoms with van der Waals surface area (Å²) in [6.07, 6.45) is -0.529. The van der Waals surface area contributed by atoms with Gasteiger partial charge in [-0.25, -0.2) is 4.79 Å². The molecular weight excluding hydrogens is 330 g/mol. The van der Waals surface area contributed by atoms with Crippen molar-refractivity contribution in [1.82, 2.24) is 10.6 Å². The molecule has 2 amide bonds. The summed E-state index contributed by atoms with van der Waals surface area (Å²) < 4.78 is 0. The third-order valence-corrected chi connectivity index (χ3v) is 3.38. The predicted octanol–water partition coefficient (Wildman–Crippen LogP) is -0.893. The highest BCUT2D eigenvalue weighted by molar-refractivity contribution is 5.91. The van der Waals surface area contributed by atoms with Crippen LogP contribution in [0.2, 0.25) is 0 Å². The number of rotatable bonds is 10. The maximum absolute atomic E-state index is 12.4. The van der Waals surface area contributed by atoms with E-state index >= 15 is 0 Å². The molecule has 2 atom stereocenters. The molecular formula is C16H21N3O6. The zero-order chi connectivity index (χ0) is 18.8. The lowest BCUT2D eigenvalue weighted by Crippen LogP contribution is -2.53. The fourth-order valence-corrected chi connectivity index (χ4v) is 2.11. The van der Waals surface area contributed by atoms with Gasteiger partial charge in [0.25, 0.3) is 0 Å². The van der Waals surface area contributed by atoms with Gasteiger partial charge in [-0.15, -0.1) is 0 Å². The molecule has 1 rings (SSSR count). The number of nitrogens with one attached hydrogen (secondary N) is 2. The van der Waals surface area contributed by atoms with Gasteiger partial charge in [-0.1, -0.05) is 30.3 Å². The Hall–Kier alpha value is -2.94. The van der Waals surface area contributed by atoms with Crippen molar-refractivity contribution in [3.05, 3.63) is 35.9 Å². The van der Waals surface area contributed by atoms with Gasteiger partial charge < -0.3 is 26.6 Å². The second-order valence-electron chi connectivity index (χ2n) is 5.35. The molecule has 0 unspecified atom stereocenters. The summed E-state index contributed by atoms with van der Waals surface area (Å²) in [5, 5.41) is 22.5. The molecule has 6 N–H and O–H groups in total. The van der Waals surface area contributed by atoms with E-state index in [1.165, 1.54) is 0 Å². The van der Waals surface area contributed by atoms with Crippen molar-refractivity contribution < 1.29 is 29.4 Å². The number of carboxylic acids is 2. The first-order valence-electron chi connectivity index (χ1n) is 7.61. The standard InChI is InChI=1S/C16H21N3O6/c17-9-13(20)18-12(8-10-4-2-1-3-5-10)15(23)19-11(16(24)25)6-7-14(21)22/h1-5,11-12H,6-9,17H2,(H,18,20)(H,19,23)(H,21,22)(H,24,25)/t11-,12-/m0/s1. The summed E-state index contributed by atoms with van der Waals surface area (Å²) in [6, 6.07) is 6.46. The Morgan fingerprint density at radius 1 is 1.00 bits per heavy atom. The monoisotopic (exact) mass is 351 g/mol. The van der Waals surface area contributed by atoms with Gasteiger partial charge in [0.05, 0.1) is 6.54 Å². The van der Waals surface area contributed by atoms with Crippen LogP contribution < -0.4 is 16.4 Å². The molecule has 0 saturated carbocycles. The Bertz CT molecular complexity index is 620. The smallest absolute Gasteiger partial charge is 0.326 e. The van der Waals surface area contributed by atoms with E-state index in [1.807, 2.05) is 0 Å². The maximum atomic E-state index is 12.4. The molecule has 0 aliphatic rings. The first kappa shape index (κ1) is 20.1. The molecule has 0 aliphatic carbocycles. The highest BCUT2D eigenvalue weighted by atomic mass is 16.4. The first-order valence-corrected chi connectivity index (χ1v) is 7.61. The Morgan fingerprint density at radius 2 is 1.64 bits per heavy atom. The van der Waals surface area contributed by atoms with Gasteiger partial charge in [-0.3, -0.25) is 14.4 Å². The van der Waals surface area contributed by atoms with Crippen LogP contribution in [0.1, 0.15) is 18.4 Å². The van der Waals surface area contributed by atoms with Crippen LogP contribution in [0.25, 0.3) is 0 Å². The molecule has 1 aromatic carbocycles. The van der Waals surface area contributed by atoms with E-state index in [0.717, 1.165) is 5.56 Å². The molecule has 0 fully saturated rings. The molecule has 0 aliphatic heterocycles. The number of aliphatic carboxylic acids is 2. The largest absolute Gasteiger partial charge is 0.481 e. The van der Waals surface area contributed by atoms with Gasteiger partial charge in [0, 0.05) is 12.8 Å². The van der Waals surface area contributed by atoms with E-state index in [1.54, 1.807) is 30.3 Å². The topological polar surface area (TPSA) is 159 Å². The molecule has 136 valence electrons. The van der Waals surface area contributed by atoms with Crippen molar-refractivity contribution in [2.24, 2.45) is 5.73 Å². The molecule has 0 spiro atoms. The van der Waals surface area contributed by atoms with Crippen LogP contribution >= 0.6 is 0 Å². The maximum Gasteiger partial charge on any atom is 0.326 e. The van der Waals surface area contributed by atoms with Gasteiger partial charge in [-0.05, 0) is 12.0 Å². The van der Waals surface area contributed by atoms with Crippen LogP contribution in [0.3, 0.4) is 0 Å². The number of hydrogen-bond acceptors (Lipinski definition) is 5. The second kappa shape index (κ2) is 10.0. The van der Waals surface area contributed by atoms with Crippen molar-refractivity contribution in [3.63, 3.8) is 0 Å². The second-order valence-corrected chi connectivity index (χ2v) is 5.35. The van der Waals surface area contributed by atoms with Gasteiger partial charge in [-0.2, -0.15) is 0 Å². The van der Waals surface area contributed by atoms with Crippen molar-refractivity contribution in [1.29, 1.82) is 0 Å². The molecule has 0 radical (unpaired) electrons. The number of hydrogen-bond donors (Lipinski definition) is 5. The first-order chi connectivity index (χ1) is 11.8. The van der Waals surface area contributed by atoms with E-state index in [4.69, 9.17) is 15.9 Å². The van der Waals surface area contributed by atoms with Crippen molar-refractivity contribution in [2.45, 2.75) is 31.3 Å². The van der Waals surface area contributed by atoms with Crippen molar-refractivity contribution >= 4 is 23.8 Å². The van der Waals surface area contributed by atoms with Crippen molar-refractivity contribution in [3.8, 4) is 0 Å².